The van der Waals surface area contributed by atoms with Crippen molar-refractivity contribution in [1.82, 2.24) is 15.3 Å². The van der Waals surface area contributed by atoms with Crippen LogP contribution in [0.3, 0.4) is 0 Å². The van der Waals surface area contributed by atoms with Crippen LogP contribution < -0.4 is 20.9 Å². The number of hydrogen-bond donors (Lipinski definition) is 3. The smallest absolute Gasteiger partial charge is 0.319 e. The van der Waals surface area contributed by atoms with Crippen LogP contribution in [0.25, 0.3) is 0 Å². The molecule has 1 aromatic heterocycles. The largest absolute Gasteiger partial charge is 0.362 e. The van der Waals surface area contributed by atoms with E-state index in [9.17, 15) is 9.18 Å². The Hall–Kier alpha value is -2.90. The predicted molar refractivity (Wildman–Crippen MR) is 121 cm³/mol. The Labute approximate surface area is 182 Å². The van der Waals surface area contributed by atoms with Gasteiger partial charge in [0.25, 0.3) is 0 Å². The quantitative estimate of drug-likeness (QED) is 0.670. The Bertz CT molecular complexity index is 926. The lowest BCUT2D eigenvalue weighted by Crippen LogP contribution is -2.42. The molecule has 31 heavy (non-hydrogen) atoms. The third kappa shape index (κ3) is 5.24. The second-order valence-corrected chi connectivity index (χ2v) is 8.67. The first-order valence-corrected chi connectivity index (χ1v) is 11.2. The molecular formula is C23H31FN6O. The van der Waals surface area contributed by atoms with Crippen molar-refractivity contribution in [3.63, 3.8) is 0 Å². The van der Waals surface area contributed by atoms with Crippen molar-refractivity contribution in [3.8, 4) is 0 Å². The highest BCUT2D eigenvalue weighted by atomic mass is 19.1. The minimum atomic E-state index is -0.437. The van der Waals surface area contributed by atoms with E-state index in [1.807, 2.05) is 14.1 Å². The van der Waals surface area contributed by atoms with Crippen LogP contribution >= 0.6 is 0 Å². The first-order valence-electron chi connectivity index (χ1n) is 11.2. The molecule has 2 aliphatic carbocycles. The van der Waals surface area contributed by atoms with Gasteiger partial charge in [0, 0.05) is 31.7 Å². The number of carbonyl (C=O) groups excluding carboxylic acids is 1. The highest BCUT2D eigenvalue weighted by Crippen LogP contribution is 2.29. The minimum absolute atomic E-state index is 0.0756. The summed E-state index contributed by atoms with van der Waals surface area (Å²) in [6.45, 7) is 0. The molecule has 0 saturated heterocycles. The van der Waals surface area contributed by atoms with Crippen molar-refractivity contribution in [3.05, 3.63) is 41.3 Å². The summed E-state index contributed by atoms with van der Waals surface area (Å²) < 4.78 is 13.7. The zero-order valence-corrected chi connectivity index (χ0v) is 18.2. The zero-order chi connectivity index (χ0) is 21.8. The van der Waals surface area contributed by atoms with Gasteiger partial charge in [-0.15, -0.1) is 0 Å². The molecular weight excluding hydrogens is 395 g/mol. The average Bonchev–Trinajstić information content (AvgIpc) is 2.76. The summed E-state index contributed by atoms with van der Waals surface area (Å²) in [5.41, 5.74) is 2.65. The molecule has 0 spiro atoms. The van der Waals surface area contributed by atoms with Crippen LogP contribution in [0.2, 0.25) is 0 Å². The molecule has 0 atom stereocenters. The lowest BCUT2D eigenvalue weighted by atomic mass is 9.91. The van der Waals surface area contributed by atoms with Gasteiger partial charge in [0.2, 0.25) is 5.95 Å². The standard InChI is InChI=1S/C23H31FN6O/c1-30(2)21-17-7-3-5-9-19(17)27-22(29-21)25-15-11-13-16(14-12-15)26-23(31)28-20-10-6-4-8-18(20)24/h4,6,8,10,15-16H,3,5,7,9,11-14H2,1-2H3,(H,25,27,29)(H2,26,28,31)/t15-,16+. The molecule has 8 heteroatoms. The van der Waals surface area contributed by atoms with Gasteiger partial charge in [-0.1, -0.05) is 12.1 Å². The second kappa shape index (κ2) is 9.49. The summed E-state index contributed by atoms with van der Waals surface area (Å²) >= 11 is 0. The number of aryl methyl sites for hydroxylation is 1. The predicted octanol–water partition coefficient (Wildman–Crippen LogP) is 4.11. The maximum atomic E-state index is 13.7. The number of hydrogen-bond acceptors (Lipinski definition) is 5. The second-order valence-electron chi connectivity index (χ2n) is 8.67. The van der Waals surface area contributed by atoms with Crippen LogP contribution in [0, 0.1) is 5.82 Å². The molecule has 0 radical (unpaired) electrons. The van der Waals surface area contributed by atoms with Gasteiger partial charge in [-0.2, -0.15) is 4.98 Å². The summed E-state index contributed by atoms with van der Waals surface area (Å²) in [5.74, 6) is 1.29. The number of halogens is 1. The van der Waals surface area contributed by atoms with Crippen LogP contribution in [0.1, 0.15) is 49.8 Å². The summed E-state index contributed by atoms with van der Waals surface area (Å²) in [6.07, 6.45) is 8.00. The Kier molecular flexibility index (Phi) is 6.53. The Morgan fingerprint density at radius 2 is 1.74 bits per heavy atom. The number of fused-ring (bicyclic) bond motifs is 1. The van der Waals surface area contributed by atoms with E-state index in [0.717, 1.165) is 44.3 Å². The maximum absolute atomic E-state index is 13.7. The first-order chi connectivity index (χ1) is 15.0. The Morgan fingerprint density at radius 3 is 2.48 bits per heavy atom. The molecule has 0 unspecified atom stereocenters. The van der Waals surface area contributed by atoms with Gasteiger partial charge in [-0.05, 0) is 63.5 Å². The van der Waals surface area contributed by atoms with Gasteiger partial charge >= 0.3 is 6.03 Å². The topological polar surface area (TPSA) is 82.2 Å². The van der Waals surface area contributed by atoms with Crippen molar-refractivity contribution in [2.45, 2.75) is 63.5 Å². The number of benzene rings is 1. The summed E-state index contributed by atoms with van der Waals surface area (Å²) in [4.78, 5) is 23.9. The van der Waals surface area contributed by atoms with E-state index in [0.29, 0.717) is 5.95 Å². The first kappa shape index (κ1) is 21.3. The van der Waals surface area contributed by atoms with Gasteiger partial charge in [0.05, 0.1) is 11.4 Å². The molecule has 2 amide bonds. The third-order valence-corrected chi connectivity index (χ3v) is 6.10. The van der Waals surface area contributed by atoms with Crippen LogP contribution in [-0.4, -0.2) is 42.2 Å². The molecule has 4 rings (SSSR count). The normalized spacial score (nSPS) is 20.5. The third-order valence-electron chi connectivity index (χ3n) is 6.10. The number of rotatable bonds is 5. The molecule has 0 aliphatic heterocycles. The van der Waals surface area contributed by atoms with E-state index in [1.165, 1.54) is 30.2 Å². The van der Waals surface area contributed by atoms with Crippen molar-refractivity contribution >= 4 is 23.5 Å². The van der Waals surface area contributed by atoms with Crippen molar-refractivity contribution < 1.29 is 9.18 Å². The molecule has 1 saturated carbocycles. The van der Waals surface area contributed by atoms with Gasteiger partial charge in [-0.25, -0.2) is 14.2 Å². The molecule has 0 bridgehead atoms. The molecule has 166 valence electrons. The fourth-order valence-electron chi connectivity index (χ4n) is 4.48. The molecule has 1 aromatic carbocycles. The van der Waals surface area contributed by atoms with E-state index in [4.69, 9.17) is 9.97 Å². The fourth-order valence-corrected chi connectivity index (χ4v) is 4.48. The summed E-state index contributed by atoms with van der Waals surface area (Å²) in [6, 6.07) is 6.17. The van der Waals surface area contributed by atoms with Crippen LogP contribution in [-0.2, 0) is 12.8 Å². The van der Waals surface area contributed by atoms with Crippen molar-refractivity contribution in [2.24, 2.45) is 0 Å². The number of nitrogens with one attached hydrogen (secondary N) is 3. The minimum Gasteiger partial charge on any atom is -0.362 e. The number of anilines is 3. The molecule has 7 nitrogen and oxygen atoms in total. The van der Waals surface area contributed by atoms with Gasteiger partial charge in [-0.3, -0.25) is 0 Å². The van der Waals surface area contributed by atoms with Crippen LogP contribution in [0.5, 0.6) is 0 Å². The molecule has 2 aliphatic rings. The van der Waals surface area contributed by atoms with E-state index >= 15 is 0 Å². The Balaban J connectivity index is 1.31. The van der Waals surface area contributed by atoms with Gasteiger partial charge < -0.3 is 20.9 Å². The lowest BCUT2D eigenvalue weighted by Gasteiger charge is -2.30. The average molecular weight is 427 g/mol. The number of carbonyl (C=O) groups is 1. The lowest BCUT2D eigenvalue weighted by molar-refractivity contribution is 0.243. The van der Waals surface area contributed by atoms with E-state index in [2.05, 4.69) is 20.9 Å². The molecule has 3 N–H and O–H groups in total. The number of aromatic nitrogens is 2. The number of nitrogens with zero attached hydrogens (tertiary/aromatic N) is 3. The Morgan fingerprint density at radius 1 is 1.03 bits per heavy atom. The van der Waals surface area contributed by atoms with E-state index < -0.39 is 5.82 Å². The monoisotopic (exact) mass is 426 g/mol. The fraction of sp³-hybridized carbons (Fsp3) is 0.522. The molecule has 1 heterocycles. The number of para-hydroxylation sites is 1. The maximum Gasteiger partial charge on any atom is 0.319 e. The van der Waals surface area contributed by atoms with E-state index in [1.54, 1.807) is 18.2 Å². The van der Waals surface area contributed by atoms with Crippen LogP contribution in [0.4, 0.5) is 26.6 Å². The highest BCUT2D eigenvalue weighted by molar-refractivity contribution is 5.89. The SMILES string of the molecule is CN(C)c1nc(N[C@H]2CC[C@@H](NC(=O)Nc3ccccc3F)CC2)nc2c1CCCC2. The summed E-state index contributed by atoms with van der Waals surface area (Å²) in [7, 11) is 4.06. The summed E-state index contributed by atoms with van der Waals surface area (Å²) in [5, 5.41) is 9.07. The number of amides is 2. The number of urea groups is 1. The zero-order valence-electron chi connectivity index (χ0n) is 18.2. The van der Waals surface area contributed by atoms with Crippen molar-refractivity contribution in [2.75, 3.05) is 29.6 Å². The van der Waals surface area contributed by atoms with Crippen LogP contribution in [0.15, 0.2) is 24.3 Å². The highest BCUT2D eigenvalue weighted by Gasteiger charge is 2.25. The van der Waals surface area contributed by atoms with Gasteiger partial charge in [0.1, 0.15) is 11.6 Å². The molecule has 1 fully saturated rings. The molecule has 2 aromatic rings. The van der Waals surface area contributed by atoms with Crippen molar-refractivity contribution in [1.29, 1.82) is 0 Å². The van der Waals surface area contributed by atoms with Gasteiger partial charge in [0.15, 0.2) is 0 Å². The van der Waals surface area contributed by atoms with E-state index in [-0.39, 0.29) is 23.8 Å².